The predicted octanol–water partition coefficient (Wildman–Crippen LogP) is 6.88. The largest absolute Gasteiger partial charge is 0.435 e. The summed E-state index contributed by atoms with van der Waals surface area (Å²) in [6, 6.07) is 12.9. The normalized spacial score (nSPS) is 17.9. The van der Waals surface area contributed by atoms with Crippen LogP contribution in [0.5, 0.6) is 0 Å². The summed E-state index contributed by atoms with van der Waals surface area (Å²) in [5.74, 6) is -0.520. The molecule has 3 aromatic rings. The molecule has 0 fully saturated rings. The van der Waals surface area contributed by atoms with Crippen molar-refractivity contribution in [3.63, 3.8) is 0 Å². The van der Waals surface area contributed by atoms with Crippen LogP contribution < -0.4 is 5.32 Å². The van der Waals surface area contributed by atoms with Gasteiger partial charge in [-0.15, -0.1) is 0 Å². The number of rotatable bonds is 4. The Balaban J connectivity index is 1.62. The second-order valence-corrected chi connectivity index (χ2v) is 8.40. The Hall–Kier alpha value is -2.81. The Bertz CT molecular complexity index is 1250. The number of nitrogens with one attached hydrogen (secondary N) is 1. The molecule has 170 valence electrons. The van der Waals surface area contributed by atoms with Gasteiger partial charge in [0.25, 0.3) is 11.5 Å². The molecule has 0 bridgehead atoms. The predicted molar refractivity (Wildman–Crippen MR) is 120 cm³/mol. The van der Waals surface area contributed by atoms with E-state index in [1.807, 2.05) is 0 Å². The first-order valence-corrected chi connectivity index (χ1v) is 10.5. The summed E-state index contributed by atoms with van der Waals surface area (Å²) >= 11 is 17.8. The number of halogens is 6. The van der Waals surface area contributed by atoms with Gasteiger partial charge in [-0.25, -0.2) is 4.98 Å². The van der Waals surface area contributed by atoms with Crippen LogP contribution in [0.25, 0.3) is 0 Å². The van der Waals surface area contributed by atoms with Gasteiger partial charge in [0.2, 0.25) is 0 Å². The number of carbonyl (C=O) groups is 1. The Morgan fingerprint density at radius 2 is 1.76 bits per heavy atom. The topological polar surface area (TPSA) is 63.6 Å². The summed E-state index contributed by atoms with van der Waals surface area (Å²) in [4.78, 5) is 21.3. The molecule has 1 aliphatic heterocycles. The molecule has 1 unspecified atom stereocenters. The van der Waals surface area contributed by atoms with E-state index < -0.39 is 24.1 Å². The molecule has 2 heterocycles. The lowest BCUT2D eigenvalue weighted by Crippen LogP contribution is -2.42. The number of benzene rings is 2. The lowest BCUT2D eigenvalue weighted by molar-refractivity contribution is -0.275. The molecule has 0 spiro atoms. The van der Waals surface area contributed by atoms with Crippen molar-refractivity contribution in [1.29, 1.82) is 0 Å². The fourth-order valence-electron chi connectivity index (χ4n) is 3.38. The van der Waals surface area contributed by atoms with Crippen LogP contribution in [0.1, 0.15) is 27.9 Å². The Morgan fingerprint density at radius 1 is 1.03 bits per heavy atom. The van der Waals surface area contributed by atoms with Crippen LogP contribution in [0.3, 0.4) is 0 Å². The molecule has 1 aliphatic rings. The van der Waals surface area contributed by atoms with Gasteiger partial charge in [-0.1, -0.05) is 52.1 Å². The number of oxime groups is 1. The maximum Gasteiger partial charge on any atom is 0.435 e. The molecular weight excluding hydrogens is 502 g/mol. The average molecular weight is 515 g/mol. The molecule has 0 saturated heterocycles. The van der Waals surface area contributed by atoms with Crippen LogP contribution >= 0.6 is 34.8 Å². The number of anilines is 1. The van der Waals surface area contributed by atoms with Crippen LogP contribution in [-0.4, -0.2) is 22.8 Å². The third-order valence-electron chi connectivity index (χ3n) is 4.97. The molecule has 1 aromatic heterocycles. The number of hydrogen-bond acceptors (Lipinski definition) is 4. The van der Waals surface area contributed by atoms with E-state index in [0.29, 0.717) is 11.3 Å². The third kappa shape index (κ3) is 4.64. The molecular formula is C22H13Cl3F3N3O2. The number of hydrogen-bond donors (Lipinski definition) is 1. The quantitative estimate of drug-likeness (QED) is 0.386. The molecule has 1 atom stereocenters. The monoisotopic (exact) mass is 513 g/mol. The van der Waals surface area contributed by atoms with Crippen molar-refractivity contribution in [2.24, 2.45) is 5.16 Å². The summed E-state index contributed by atoms with van der Waals surface area (Å²) < 4.78 is 42.5. The van der Waals surface area contributed by atoms with Crippen molar-refractivity contribution in [2.45, 2.75) is 18.2 Å². The second-order valence-electron chi connectivity index (χ2n) is 7.17. The third-order valence-corrected chi connectivity index (χ3v) is 5.71. The molecule has 1 amide bonds. The zero-order valence-electron chi connectivity index (χ0n) is 16.5. The van der Waals surface area contributed by atoms with Crippen molar-refractivity contribution in [3.8, 4) is 0 Å². The van der Waals surface area contributed by atoms with Crippen LogP contribution in [-0.2, 0) is 10.4 Å². The smallest absolute Gasteiger partial charge is 0.374 e. The van der Waals surface area contributed by atoms with Crippen LogP contribution in [0.2, 0.25) is 15.2 Å². The first kappa shape index (κ1) is 23.4. The fourth-order valence-corrected chi connectivity index (χ4v) is 4.11. The molecule has 0 aliphatic carbocycles. The number of nitrogens with zero attached hydrogens (tertiary/aromatic N) is 2. The molecule has 4 rings (SSSR count). The van der Waals surface area contributed by atoms with Crippen molar-refractivity contribution in [1.82, 2.24) is 4.98 Å². The summed E-state index contributed by atoms with van der Waals surface area (Å²) in [5, 5.41) is 6.47. The Morgan fingerprint density at radius 3 is 2.42 bits per heavy atom. The van der Waals surface area contributed by atoms with E-state index in [9.17, 15) is 18.0 Å². The highest BCUT2D eigenvalue weighted by molar-refractivity contribution is 6.34. The van der Waals surface area contributed by atoms with Gasteiger partial charge in [0, 0.05) is 39.5 Å². The maximum absolute atomic E-state index is 14.2. The van der Waals surface area contributed by atoms with Gasteiger partial charge in [0.15, 0.2) is 0 Å². The maximum atomic E-state index is 14.2. The molecule has 5 nitrogen and oxygen atoms in total. The molecule has 2 aromatic carbocycles. The molecule has 33 heavy (non-hydrogen) atoms. The van der Waals surface area contributed by atoms with Gasteiger partial charge in [-0.05, 0) is 42.5 Å². The highest BCUT2D eigenvalue weighted by Gasteiger charge is 2.62. The zero-order valence-corrected chi connectivity index (χ0v) is 18.7. The van der Waals surface area contributed by atoms with E-state index in [1.165, 1.54) is 24.4 Å². The van der Waals surface area contributed by atoms with Crippen molar-refractivity contribution in [2.75, 3.05) is 5.32 Å². The summed E-state index contributed by atoms with van der Waals surface area (Å²) in [5.41, 5.74) is -2.15. The number of alkyl halides is 3. The standard InChI is InChI=1S/C22H13Cl3F3N3O2/c23-14-8-13(9-15(24)10-14)21(22(26,27)28)11-18(31-33-21)12-3-1-4-16(7-12)30-20(32)17-5-2-6-29-19(17)25/h1-10H,11H2,(H,30,32). The Labute approximate surface area is 201 Å². The summed E-state index contributed by atoms with van der Waals surface area (Å²) in [6.07, 6.45) is -3.98. The van der Waals surface area contributed by atoms with E-state index in [-0.39, 0.29) is 32.0 Å². The molecule has 0 radical (unpaired) electrons. The van der Waals surface area contributed by atoms with Crippen LogP contribution in [0, 0.1) is 0 Å². The van der Waals surface area contributed by atoms with Gasteiger partial charge < -0.3 is 10.2 Å². The second kappa shape index (κ2) is 8.85. The number of amides is 1. The van der Waals surface area contributed by atoms with Crippen molar-refractivity contribution in [3.05, 3.63) is 92.7 Å². The first-order valence-electron chi connectivity index (χ1n) is 9.40. The highest BCUT2D eigenvalue weighted by Crippen LogP contribution is 2.49. The van der Waals surface area contributed by atoms with Gasteiger partial charge in [-0.2, -0.15) is 13.2 Å². The van der Waals surface area contributed by atoms with E-state index in [2.05, 4.69) is 15.5 Å². The zero-order chi connectivity index (χ0) is 23.8. The minimum atomic E-state index is -4.81. The number of carbonyl (C=O) groups excluding carboxylic acids is 1. The minimum Gasteiger partial charge on any atom is -0.374 e. The van der Waals surface area contributed by atoms with Gasteiger partial charge in [-0.3, -0.25) is 4.79 Å². The van der Waals surface area contributed by atoms with Crippen molar-refractivity contribution >= 4 is 52.1 Å². The van der Waals surface area contributed by atoms with Crippen LogP contribution in [0.4, 0.5) is 18.9 Å². The minimum absolute atomic E-state index is 0.0230. The van der Waals surface area contributed by atoms with Gasteiger partial charge >= 0.3 is 6.18 Å². The average Bonchev–Trinajstić information content (AvgIpc) is 3.21. The van der Waals surface area contributed by atoms with Gasteiger partial charge in [0.05, 0.1) is 11.3 Å². The molecule has 11 heteroatoms. The van der Waals surface area contributed by atoms with Crippen LogP contribution in [0.15, 0.2) is 65.9 Å². The van der Waals surface area contributed by atoms with E-state index in [4.69, 9.17) is 39.6 Å². The number of pyridine rings is 1. The fraction of sp³-hybridized carbons (Fsp3) is 0.136. The highest BCUT2D eigenvalue weighted by atomic mass is 35.5. The Kier molecular flexibility index (Phi) is 6.26. The lowest BCUT2D eigenvalue weighted by atomic mass is 9.86. The van der Waals surface area contributed by atoms with Gasteiger partial charge in [0.1, 0.15) is 5.15 Å². The molecule has 1 N–H and O–H groups in total. The van der Waals surface area contributed by atoms with E-state index in [0.717, 1.165) is 12.1 Å². The van der Waals surface area contributed by atoms with E-state index in [1.54, 1.807) is 24.3 Å². The lowest BCUT2D eigenvalue weighted by Gasteiger charge is -2.29. The SMILES string of the molecule is O=C(Nc1cccc(C2=NOC(c3cc(Cl)cc(Cl)c3)(C(F)(F)F)C2)c1)c1cccnc1Cl. The van der Waals surface area contributed by atoms with E-state index >= 15 is 0 Å². The number of aromatic nitrogens is 1. The molecule has 0 saturated carbocycles. The summed E-state index contributed by atoms with van der Waals surface area (Å²) in [6.45, 7) is 0. The van der Waals surface area contributed by atoms with Crippen molar-refractivity contribution < 1.29 is 22.8 Å². The summed E-state index contributed by atoms with van der Waals surface area (Å²) in [7, 11) is 0. The first-order chi connectivity index (χ1) is 15.6.